The number of esters is 1. The molecule has 1 unspecified atom stereocenters. The number of rotatable bonds is 2. The molecule has 0 aliphatic carbocycles. The Balaban J connectivity index is 1.66. The summed E-state index contributed by atoms with van der Waals surface area (Å²) in [6, 6.07) is 8.57. The summed E-state index contributed by atoms with van der Waals surface area (Å²) < 4.78 is 5.22. The molecule has 0 amide bonds. The van der Waals surface area contributed by atoms with Crippen LogP contribution in [0, 0.1) is 11.3 Å². The molecule has 4 fully saturated rings. The zero-order valence-electron chi connectivity index (χ0n) is 15.2. The van der Waals surface area contributed by atoms with Gasteiger partial charge in [-0.1, -0.05) is 29.8 Å². The quantitative estimate of drug-likeness (QED) is 0.656. The molecule has 0 saturated carbocycles. The second-order valence-corrected chi connectivity index (χ2v) is 7.93. The summed E-state index contributed by atoms with van der Waals surface area (Å²) in [7, 11) is 1.44. The summed E-state index contributed by atoms with van der Waals surface area (Å²) in [5.74, 6) is 0.00243. The number of allylic oxidation sites excluding steroid dienone is 1. The Morgan fingerprint density at radius 3 is 2.96 bits per heavy atom. The van der Waals surface area contributed by atoms with Crippen LogP contribution < -0.4 is 0 Å². The topological polar surface area (TPSA) is 62.1 Å². The van der Waals surface area contributed by atoms with E-state index in [1.54, 1.807) is 0 Å². The van der Waals surface area contributed by atoms with E-state index in [0.717, 1.165) is 25.1 Å². The van der Waals surface area contributed by atoms with Crippen LogP contribution in [0.1, 0.15) is 31.2 Å². The number of hydrogen-bond donors (Lipinski definition) is 1. The fourth-order valence-electron chi connectivity index (χ4n) is 6.05. The molecule has 1 aromatic carbocycles. The Kier molecular flexibility index (Phi) is 3.43. The minimum absolute atomic E-state index is 0.0116. The van der Waals surface area contributed by atoms with Crippen LogP contribution in [-0.2, 0) is 9.53 Å². The lowest BCUT2D eigenvalue weighted by atomic mass is 9.53. The van der Waals surface area contributed by atoms with Crippen LogP contribution in [0.5, 0.6) is 0 Å². The number of para-hydroxylation sites is 1. The number of benzene rings is 1. The van der Waals surface area contributed by atoms with Crippen molar-refractivity contribution in [2.45, 2.75) is 37.8 Å². The highest BCUT2D eigenvalue weighted by molar-refractivity contribution is 6.03. The number of carbonyl (C=O) groups is 1. The number of aliphatic hydroxyl groups is 1. The molecular weight excluding hydrogens is 328 g/mol. The third-order valence-electron chi connectivity index (χ3n) is 7.21. The molecule has 4 bridgehead atoms. The highest BCUT2D eigenvalue weighted by Crippen LogP contribution is 2.59. The molecule has 0 aromatic heterocycles. The van der Waals surface area contributed by atoms with Gasteiger partial charge in [-0.05, 0) is 31.4 Å². The summed E-state index contributed by atoms with van der Waals surface area (Å²) >= 11 is 0. The highest BCUT2D eigenvalue weighted by Gasteiger charge is 2.66. The van der Waals surface area contributed by atoms with Gasteiger partial charge in [0.25, 0.3) is 0 Å². The van der Waals surface area contributed by atoms with Crippen molar-refractivity contribution < 1.29 is 14.6 Å². The first kappa shape index (κ1) is 16.2. The summed E-state index contributed by atoms with van der Waals surface area (Å²) in [6.07, 6.45) is 3.76. The predicted molar refractivity (Wildman–Crippen MR) is 98.6 cm³/mol. The van der Waals surface area contributed by atoms with Gasteiger partial charge in [0.15, 0.2) is 0 Å². The Morgan fingerprint density at radius 2 is 2.23 bits per heavy atom. The van der Waals surface area contributed by atoms with E-state index in [4.69, 9.17) is 9.73 Å². The highest BCUT2D eigenvalue weighted by atomic mass is 16.5. The first-order chi connectivity index (χ1) is 12.7. The number of fused-ring (bicyclic) bond motifs is 4. The van der Waals surface area contributed by atoms with Crippen molar-refractivity contribution in [2.75, 3.05) is 20.3 Å². The number of aliphatic imine (C=N–C) groups is 1. The van der Waals surface area contributed by atoms with E-state index in [-0.39, 0.29) is 36.5 Å². The van der Waals surface area contributed by atoms with Gasteiger partial charge in [-0.2, -0.15) is 0 Å². The average molecular weight is 352 g/mol. The van der Waals surface area contributed by atoms with E-state index >= 15 is 0 Å². The molecule has 5 aliphatic heterocycles. The van der Waals surface area contributed by atoms with Crippen molar-refractivity contribution in [3.05, 3.63) is 41.5 Å². The fourth-order valence-corrected chi connectivity index (χ4v) is 6.05. The standard InChI is InChI=1S/C21H24N2O3/c1-3-12-10-23-17-9-15(12)21(11-24,20(25)26-2)18(23)8-14-13-6-4-5-7-16(13)22-19(14)17/h3-7,14-15,17-18,24H,8-11H2,1-2H3/b12-3-/t14-,15-,17-,18-,21-/m0/s1. The maximum absolute atomic E-state index is 12.9. The zero-order chi connectivity index (χ0) is 18.1. The molecule has 5 aliphatic rings. The van der Waals surface area contributed by atoms with Gasteiger partial charge in [0.1, 0.15) is 5.41 Å². The van der Waals surface area contributed by atoms with Crippen molar-refractivity contribution in [2.24, 2.45) is 16.3 Å². The Bertz CT molecular complexity index is 845. The second-order valence-electron chi connectivity index (χ2n) is 7.93. The van der Waals surface area contributed by atoms with E-state index in [0.29, 0.717) is 0 Å². The maximum atomic E-state index is 12.9. The molecule has 5 heterocycles. The minimum Gasteiger partial charge on any atom is -0.468 e. The first-order valence-electron chi connectivity index (χ1n) is 9.43. The third-order valence-corrected chi connectivity index (χ3v) is 7.21. The molecule has 1 aromatic rings. The molecule has 5 nitrogen and oxygen atoms in total. The zero-order valence-corrected chi connectivity index (χ0v) is 15.2. The van der Waals surface area contributed by atoms with E-state index in [2.05, 4.69) is 29.2 Å². The molecular formula is C21H24N2O3. The molecule has 0 spiro atoms. The van der Waals surface area contributed by atoms with Crippen molar-refractivity contribution in [1.82, 2.24) is 4.90 Å². The molecule has 136 valence electrons. The van der Waals surface area contributed by atoms with Crippen molar-refractivity contribution in [3.63, 3.8) is 0 Å². The van der Waals surface area contributed by atoms with Crippen LogP contribution in [0.15, 0.2) is 40.9 Å². The lowest BCUT2D eigenvalue weighted by molar-refractivity contribution is -0.180. The number of nitrogens with zero attached hydrogens (tertiary/aromatic N) is 2. The van der Waals surface area contributed by atoms with Crippen molar-refractivity contribution in [1.29, 1.82) is 0 Å². The first-order valence-corrected chi connectivity index (χ1v) is 9.43. The summed E-state index contributed by atoms with van der Waals surface area (Å²) in [6.45, 7) is 2.71. The SMILES string of the molecule is C/C=C1/CN2[C@H]3C[C@@H]4C(=Nc5ccccc54)[C@@H]2C[C@@H]1[C@]3(CO)C(=O)OC. The molecule has 0 radical (unpaired) electrons. The van der Waals surface area contributed by atoms with Crippen LogP contribution in [0.4, 0.5) is 5.69 Å². The van der Waals surface area contributed by atoms with E-state index < -0.39 is 5.41 Å². The Hall–Kier alpha value is -1.98. The average Bonchev–Trinajstić information content (AvgIpc) is 3.06. The number of hydrogen-bond acceptors (Lipinski definition) is 5. The molecule has 1 N–H and O–H groups in total. The van der Waals surface area contributed by atoms with E-state index in [1.165, 1.54) is 24.0 Å². The summed E-state index contributed by atoms with van der Waals surface area (Å²) in [5, 5.41) is 10.4. The van der Waals surface area contributed by atoms with Crippen molar-refractivity contribution >= 4 is 17.4 Å². The van der Waals surface area contributed by atoms with Gasteiger partial charge in [0, 0.05) is 30.1 Å². The van der Waals surface area contributed by atoms with E-state index in [1.807, 2.05) is 13.0 Å². The lowest BCUT2D eigenvalue weighted by Gasteiger charge is -2.63. The van der Waals surface area contributed by atoms with Crippen LogP contribution in [0.3, 0.4) is 0 Å². The minimum atomic E-state index is -0.867. The Labute approximate surface area is 153 Å². The van der Waals surface area contributed by atoms with Gasteiger partial charge in [0.05, 0.1) is 25.4 Å². The summed E-state index contributed by atoms with van der Waals surface area (Å²) in [4.78, 5) is 20.3. The Morgan fingerprint density at radius 1 is 1.42 bits per heavy atom. The number of methoxy groups -OCH3 is 1. The normalized spacial score (nSPS) is 40.8. The van der Waals surface area contributed by atoms with Crippen LogP contribution in [0.2, 0.25) is 0 Å². The monoisotopic (exact) mass is 352 g/mol. The van der Waals surface area contributed by atoms with E-state index in [9.17, 15) is 9.90 Å². The van der Waals surface area contributed by atoms with Crippen LogP contribution in [-0.4, -0.2) is 54.0 Å². The number of carbonyl (C=O) groups excluding carboxylic acids is 1. The molecule has 6 rings (SSSR count). The largest absolute Gasteiger partial charge is 0.468 e. The van der Waals surface area contributed by atoms with Gasteiger partial charge in [-0.25, -0.2) is 0 Å². The number of piperidine rings is 4. The molecule has 5 heteroatoms. The van der Waals surface area contributed by atoms with Gasteiger partial charge in [0.2, 0.25) is 0 Å². The van der Waals surface area contributed by atoms with Gasteiger partial charge >= 0.3 is 5.97 Å². The summed E-state index contributed by atoms with van der Waals surface area (Å²) in [5.41, 5.74) is 3.95. The van der Waals surface area contributed by atoms with Crippen LogP contribution in [0.25, 0.3) is 0 Å². The molecule has 6 atom stereocenters. The van der Waals surface area contributed by atoms with Gasteiger partial charge in [-0.15, -0.1) is 0 Å². The number of ether oxygens (including phenoxy) is 1. The number of aliphatic hydroxyl groups excluding tert-OH is 1. The van der Waals surface area contributed by atoms with Gasteiger partial charge in [-0.3, -0.25) is 14.7 Å². The third kappa shape index (κ3) is 1.78. The van der Waals surface area contributed by atoms with Gasteiger partial charge < -0.3 is 9.84 Å². The maximum Gasteiger partial charge on any atom is 0.316 e. The molecule has 4 saturated heterocycles. The van der Waals surface area contributed by atoms with Crippen molar-refractivity contribution in [3.8, 4) is 0 Å². The fraction of sp³-hybridized carbons (Fsp3) is 0.524. The smallest absolute Gasteiger partial charge is 0.316 e. The molecule has 26 heavy (non-hydrogen) atoms. The second kappa shape index (κ2) is 5.51. The van der Waals surface area contributed by atoms with Crippen LogP contribution >= 0.6 is 0 Å². The predicted octanol–water partition coefficient (Wildman–Crippen LogP) is 2.43. The lowest BCUT2D eigenvalue weighted by Crippen LogP contribution is -2.73.